The van der Waals surface area contributed by atoms with E-state index >= 15 is 0 Å². The minimum absolute atomic E-state index is 0.526. The molecule has 1 aromatic rings. The van der Waals surface area contributed by atoms with E-state index in [1.165, 1.54) is 10.5 Å². The Morgan fingerprint density at radius 3 is 2.06 bits per heavy atom. The fraction of sp³-hybridized carbons (Fsp3) is 0.571. The summed E-state index contributed by atoms with van der Waals surface area (Å²) in [4.78, 5) is 1.31. The van der Waals surface area contributed by atoms with Gasteiger partial charge in [-0.05, 0) is 36.1 Å². The molecule has 16 heavy (non-hydrogen) atoms. The molecule has 0 amide bonds. The number of aryl methyl sites for hydroxylation is 2. The summed E-state index contributed by atoms with van der Waals surface area (Å²) in [6.07, 6.45) is 2.86. The topological polar surface area (TPSA) is 20.2 Å². The molecule has 0 radical (unpaired) electrons. The average molecular weight is 238 g/mol. The van der Waals surface area contributed by atoms with Crippen LogP contribution in [0.1, 0.15) is 44.4 Å². The normalized spacial score (nSPS) is 10.8. The molecule has 0 saturated carbocycles. The zero-order valence-corrected chi connectivity index (χ0v) is 11.6. The van der Waals surface area contributed by atoms with Gasteiger partial charge in [-0.2, -0.15) is 0 Å². The lowest BCUT2D eigenvalue weighted by Crippen LogP contribution is -1.98. The first-order valence-electron chi connectivity index (χ1n) is 6.18. The Hall–Kier alpha value is -0.630. The largest absolute Gasteiger partial charge is 0.507 e. The summed E-state index contributed by atoms with van der Waals surface area (Å²) in [7, 11) is 0. The Labute approximate surface area is 103 Å². The van der Waals surface area contributed by atoms with Crippen molar-refractivity contribution in [2.45, 2.75) is 51.9 Å². The number of hydrogen-bond acceptors (Lipinski definition) is 2. The van der Waals surface area contributed by atoms with Gasteiger partial charge in [0.1, 0.15) is 5.75 Å². The SMILES string of the molecule is CCSc1c(CC)cc(CC)c(O)c1CC. The third kappa shape index (κ3) is 2.54. The molecule has 2 heteroatoms. The van der Waals surface area contributed by atoms with Crippen LogP contribution < -0.4 is 0 Å². The van der Waals surface area contributed by atoms with Crippen LogP contribution >= 0.6 is 11.8 Å². The molecule has 1 aromatic carbocycles. The second kappa shape index (κ2) is 6.19. The van der Waals surface area contributed by atoms with Crippen molar-refractivity contribution in [3.8, 4) is 5.75 Å². The summed E-state index contributed by atoms with van der Waals surface area (Å²) < 4.78 is 0. The van der Waals surface area contributed by atoms with Gasteiger partial charge in [-0.1, -0.05) is 33.8 Å². The molecular weight excluding hydrogens is 216 g/mol. The monoisotopic (exact) mass is 238 g/mol. The van der Waals surface area contributed by atoms with Crippen molar-refractivity contribution in [2.75, 3.05) is 5.75 Å². The van der Waals surface area contributed by atoms with Crippen LogP contribution in [0.3, 0.4) is 0 Å². The Morgan fingerprint density at radius 1 is 1.00 bits per heavy atom. The van der Waals surface area contributed by atoms with Crippen LogP contribution in [0.25, 0.3) is 0 Å². The van der Waals surface area contributed by atoms with Crippen LogP contribution in [0.2, 0.25) is 0 Å². The third-order valence-electron chi connectivity index (χ3n) is 2.91. The highest BCUT2D eigenvalue weighted by atomic mass is 32.2. The number of aromatic hydroxyl groups is 1. The molecule has 0 aliphatic heterocycles. The van der Waals surface area contributed by atoms with Crippen LogP contribution in [0.15, 0.2) is 11.0 Å². The molecule has 0 fully saturated rings. The van der Waals surface area contributed by atoms with Crippen LogP contribution in [-0.2, 0) is 19.3 Å². The van der Waals surface area contributed by atoms with Crippen molar-refractivity contribution < 1.29 is 5.11 Å². The standard InChI is InChI=1S/C14H22OS/c1-5-10-9-11(6-2)14(16-8-4)12(7-3)13(10)15/h9,15H,5-8H2,1-4H3. The molecule has 0 heterocycles. The van der Waals surface area contributed by atoms with Crippen LogP contribution in [0.5, 0.6) is 5.75 Å². The van der Waals surface area contributed by atoms with Gasteiger partial charge in [0.15, 0.2) is 0 Å². The maximum absolute atomic E-state index is 10.2. The molecule has 0 aliphatic rings. The van der Waals surface area contributed by atoms with Crippen molar-refractivity contribution in [3.63, 3.8) is 0 Å². The third-order valence-corrected chi connectivity index (χ3v) is 3.99. The number of phenols is 1. The summed E-state index contributed by atoms with van der Waals surface area (Å²) in [5.41, 5.74) is 3.62. The molecule has 90 valence electrons. The van der Waals surface area contributed by atoms with Gasteiger partial charge in [-0.3, -0.25) is 0 Å². The second-order valence-electron chi connectivity index (χ2n) is 3.84. The van der Waals surface area contributed by atoms with Gasteiger partial charge in [-0.15, -0.1) is 11.8 Å². The molecule has 0 spiro atoms. The van der Waals surface area contributed by atoms with Crippen LogP contribution in [-0.4, -0.2) is 10.9 Å². The summed E-state index contributed by atoms with van der Waals surface area (Å²) in [5.74, 6) is 1.59. The molecule has 0 unspecified atom stereocenters. The molecular formula is C14H22OS. The quantitative estimate of drug-likeness (QED) is 0.776. The van der Waals surface area contributed by atoms with Crippen LogP contribution in [0.4, 0.5) is 0 Å². The minimum Gasteiger partial charge on any atom is -0.507 e. The van der Waals surface area contributed by atoms with E-state index in [9.17, 15) is 5.11 Å². The molecule has 1 N–H and O–H groups in total. The molecule has 0 bridgehead atoms. The highest BCUT2D eigenvalue weighted by molar-refractivity contribution is 7.99. The number of rotatable bonds is 5. The lowest BCUT2D eigenvalue weighted by atomic mass is 9.99. The second-order valence-corrected chi connectivity index (χ2v) is 5.12. The molecule has 0 aliphatic carbocycles. The number of benzene rings is 1. The van der Waals surface area contributed by atoms with E-state index < -0.39 is 0 Å². The average Bonchev–Trinajstić information content (AvgIpc) is 2.30. The molecule has 0 atom stereocenters. The van der Waals surface area contributed by atoms with Gasteiger partial charge < -0.3 is 5.11 Å². The maximum Gasteiger partial charge on any atom is 0.123 e. The highest BCUT2D eigenvalue weighted by Crippen LogP contribution is 2.36. The van der Waals surface area contributed by atoms with Crippen molar-refractivity contribution in [2.24, 2.45) is 0 Å². The van der Waals surface area contributed by atoms with E-state index in [-0.39, 0.29) is 0 Å². The number of hydrogen-bond donors (Lipinski definition) is 1. The van der Waals surface area contributed by atoms with Crippen molar-refractivity contribution in [1.82, 2.24) is 0 Å². The fourth-order valence-electron chi connectivity index (χ4n) is 2.02. The highest BCUT2D eigenvalue weighted by Gasteiger charge is 2.14. The predicted octanol–water partition coefficient (Wildman–Crippen LogP) is 4.19. The van der Waals surface area contributed by atoms with Gasteiger partial charge in [0.25, 0.3) is 0 Å². The number of phenolic OH excluding ortho intramolecular Hbond substituents is 1. The van der Waals surface area contributed by atoms with E-state index in [0.29, 0.717) is 5.75 Å². The smallest absolute Gasteiger partial charge is 0.123 e. The molecule has 1 rings (SSSR count). The van der Waals surface area contributed by atoms with Gasteiger partial charge >= 0.3 is 0 Å². The van der Waals surface area contributed by atoms with Crippen molar-refractivity contribution in [1.29, 1.82) is 0 Å². The summed E-state index contributed by atoms with van der Waals surface area (Å²) in [5, 5.41) is 10.2. The molecule has 0 aromatic heterocycles. The Balaban J connectivity index is 3.37. The van der Waals surface area contributed by atoms with Gasteiger partial charge in [0.2, 0.25) is 0 Å². The first kappa shape index (κ1) is 13.4. The predicted molar refractivity (Wildman–Crippen MR) is 72.6 cm³/mol. The van der Waals surface area contributed by atoms with Crippen molar-refractivity contribution in [3.05, 3.63) is 22.8 Å². The van der Waals surface area contributed by atoms with E-state index in [0.717, 1.165) is 36.1 Å². The van der Waals surface area contributed by atoms with E-state index in [2.05, 4.69) is 33.8 Å². The van der Waals surface area contributed by atoms with E-state index in [4.69, 9.17) is 0 Å². The van der Waals surface area contributed by atoms with Crippen LogP contribution in [0, 0.1) is 0 Å². The van der Waals surface area contributed by atoms with Gasteiger partial charge in [0, 0.05) is 10.5 Å². The Bertz CT molecular complexity index is 358. The summed E-state index contributed by atoms with van der Waals surface area (Å²) in [6.45, 7) is 8.56. The molecule has 0 saturated heterocycles. The minimum atomic E-state index is 0.526. The zero-order chi connectivity index (χ0) is 12.1. The van der Waals surface area contributed by atoms with Gasteiger partial charge in [-0.25, -0.2) is 0 Å². The van der Waals surface area contributed by atoms with Gasteiger partial charge in [0.05, 0.1) is 0 Å². The fourth-order valence-corrected chi connectivity index (χ4v) is 3.12. The lowest BCUT2D eigenvalue weighted by Gasteiger charge is -2.16. The lowest BCUT2D eigenvalue weighted by molar-refractivity contribution is 0.459. The molecule has 1 nitrogen and oxygen atoms in total. The summed E-state index contributed by atoms with van der Waals surface area (Å²) >= 11 is 1.85. The van der Waals surface area contributed by atoms with Crippen molar-refractivity contribution >= 4 is 11.8 Å². The van der Waals surface area contributed by atoms with E-state index in [1.54, 1.807) is 0 Å². The first-order chi connectivity index (χ1) is 7.69. The summed E-state index contributed by atoms with van der Waals surface area (Å²) in [6, 6.07) is 2.17. The Kier molecular flexibility index (Phi) is 5.20. The Morgan fingerprint density at radius 2 is 1.62 bits per heavy atom. The zero-order valence-electron chi connectivity index (χ0n) is 10.8. The first-order valence-corrected chi connectivity index (χ1v) is 7.17. The number of thioether (sulfide) groups is 1. The van der Waals surface area contributed by atoms with E-state index in [1.807, 2.05) is 11.8 Å². The maximum atomic E-state index is 10.2.